The summed E-state index contributed by atoms with van der Waals surface area (Å²) in [5.74, 6) is -0.524. The molecule has 7 nitrogen and oxygen atoms in total. The molecule has 3 amide bonds. The lowest BCUT2D eigenvalue weighted by molar-refractivity contribution is -0.142. The first kappa shape index (κ1) is 29.8. The van der Waals surface area contributed by atoms with Gasteiger partial charge in [-0.2, -0.15) is 12.6 Å². The summed E-state index contributed by atoms with van der Waals surface area (Å²) in [5.41, 5.74) is 2.08. The van der Waals surface area contributed by atoms with Gasteiger partial charge in [0.25, 0.3) is 0 Å². The van der Waals surface area contributed by atoms with Crippen molar-refractivity contribution in [1.82, 2.24) is 15.5 Å². The Morgan fingerprint density at radius 3 is 2.26 bits per heavy atom. The van der Waals surface area contributed by atoms with Gasteiger partial charge in [-0.1, -0.05) is 38.5 Å². The Morgan fingerprint density at radius 2 is 1.74 bits per heavy atom. The molecular formula is C26H43N3O4S. The molecule has 1 aromatic rings. The van der Waals surface area contributed by atoms with E-state index >= 15 is 0 Å². The maximum atomic E-state index is 13.7. The highest BCUT2D eigenvalue weighted by Crippen LogP contribution is 2.28. The predicted molar refractivity (Wildman–Crippen MR) is 140 cm³/mol. The summed E-state index contributed by atoms with van der Waals surface area (Å²) >= 11 is 4.31. The summed E-state index contributed by atoms with van der Waals surface area (Å²) in [7, 11) is 0. The van der Waals surface area contributed by atoms with E-state index in [0.29, 0.717) is 13.0 Å². The van der Waals surface area contributed by atoms with Crippen LogP contribution in [0.1, 0.15) is 83.5 Å². The quantitative estimate of drug-likeness (QED) is 0.390. The molecule has 2 N–H and O–H groups in total. The number of ether oxygens (including phenoxy) is 1. The number of rotatable bonds is 11. The van der Waals surface area contributed by atoms with Crippen molar-refractivity contribution in [3.63, 3.8) is 0 Å². The molecule has 192 valence electrons. The number of alkyl carbamates (subject to hydrolysis) is 1. The monoisotopic (exact) mass is 493 g/mol. The third-order valence-electron chi connectivity index (χ3n) is 5.53. The third kappa shape index (κ3) is 8.85. The molecule has 0 spiro atoms. The van der Waals surface area contributed by atoms with Crippen LogP contribution in [-0.2, 0) is 14.3 Å². The van der Waals surface area contributed by atoms with E-state index in [1.54, 1.807) is 25.7 Å². The smallest absolute Gasteiger partial charge is 0.408 e. The maximum absolute atomic E-state index is 13.7. The SMILES string of the molecule is CCCC(C)NC(=O)C(c1cccc(C)c1C)N(CCC)C(=O)C(CS)NC(=O)OC(C)(C)C. The van der Waals surface area contributed by atoms with Crippen molar-refractivity contribution in [1.29, 1.82) is 0 Å². The summed E-state index contributed by atoms with van der Waals surface area (Å²) in [6.45, 7) is 15.6. The fraction of sp³-hybridized carbons (Fsp3) is 0.654. The molecule has 0 aliphatic carbocycles. The van der Waals surface area contributed by atoms with E-state index in [1.165, 1.54) is 0 Å². The van der Waals surface area contributed by atoms with Crippen LogP contribution in [0.15, 0.2) is 18.2 Å². The number of benzene rings is 1. The highest BCUT2D eigenvalue weighted by Gasteiger charge is 2.36. The molecule has 1 rings (SSSR count). The third-order valence-corrected chi connectivity index (χ3v) is 5.90. The van der Waals surface area contributed by atoms with Gasteiger partial charge < -0.3 is 20.3 Å². The molecule has 3 atom stereocenters. The van der Waals surface area contributed by atoms with Crippen LogP contribution in [0.3, 0.4) is 0 Å². The topological polar surface area (TPSA) is 87.7 Å². The second-order valence-corrected chi connectivity index (χ2v) is 10.2. The van der Waals surface area contributed by atoms with Gasteiger partial charge in [-0.05, 0) is 71.1 Å². The molecule has 0 saturated heterocycles. The first-order valence-electron chi connectivity index (χ1n) is 12.1. The Morgan fingerprint density at radius 1 is 1.09 bits per heavy atom. The van der Waals surface area contributed by atoms with E-state index in [1.807, 2.05) is 45.9 Å². The van der Waals surface area contributed by atoms with Crippen LogP contribution in [-0.4, -0.2) is 52.8 Å². The molecule has 1 aromatic carbocycles. The van der Waals surface area contributed by atoms with Crippen molar-refractivity contribution in [2.75, 3.05) is 12.3 Å². The molecule has 0 aromatic heterocycles. The van der Waals surface area contributed by atoms with Crippen LogP contribution < -0.4 is 10.6 Å². The van der Waals surface area contributed by atoms with Crippen LogP contribution >= 0.6 is 12.6 Å². The van der Waals surface area contributed by atoms with Crippen molar-refractivity contribution in [2.24, 2.45) is 0 Å². The van der Waals surface area contributed by atoms with Gasteiger partial charge >= 0.3 is 6.09 Å². The second kappa shape index (κ2) is 13.6. The summed E-state index contributed by atoms with van der Waals surface area (Å²) in [6, 6.07) is 4.00. The van der Waals surface area contributed by atoms with E-state index in [4.69, 9.17) is 4.74 Å². The fourth-order valence-corrected chi connectivity index (χ4v) is 4.04. The zero-order valence-electron chi connectivity index (χ0n) is 22.0. The molecule has 0 heterocycles. The highest BCUT2D eigenvalue weighted by molar-refractivity contribution is 7.80. The van der Waals surface area contributed by atoms with Crippen molar-refractivity contribution >= 4 is 30.5 Å². The number of hydrogen-bond acceptors (Lipinski definition) is 5. The molecule has 8 heteroatoms. The molecule has 0 bridgehead atoms. The van der Waals surface area contributed by atoms with E-state index in [9.17, 15) is 14.4 Å². The Labute approximate surface area is 210 Å². The first-order chi connectivity index (χ1) is 15.9. The Hall–Kier alpha value is -2.22. The minimum Gasteiger partial charge on any atom is -0.444 e. The largest absolute Gasteiger partial charge is 0.444 e. The summed E-state index contributed by atoms with van der Waals surface area (Å²) in [5, 5.41) is 5.72. The van der Waals surface area contributed by atoms with Crippen LogP contribution in [0.4, 0.5) is 4.79 Å². The van der Waals surface area contributed by atoms with Crippen molar-refractivity contribution in [2.45, 2.75) is 98.4 Å². The summed E-state index contributed by atoms with van der Waals surface area (Å²) < 4.78 is 5.33. The zero-order valence-corrected chi connectivity index (χ0v) is 22.9. The molecule has 0 aliphatic rings. The number of amides is 3. The Balaban J connectivity index is 3.41. The van der Waals surface area contributed by atoms with Gasteiger partial charge in [-0.3, -0.25) is 9.59 Å². The van der Waals surface area contributed by atoms with Gasteiger partial charge in [0.15, 0.2) is 0 Å². The molecule has 3 unspecified atom stereocenters. The number of carbonyl (C=O) groups is 3. The lowest BCUT2D eigenvalue weighted by Gasteiger charge is -2.35. The van der Waals surface area contributed by atoms with Gasteiger partial charge in [0, 0.05) is 18.3 Å². The number of nitrogens with one attached hydrogen (secondary N) is 2. The number of hydrogen-bond donors (Lipinski definition) is 3. The number of carbonyl (C=O) groups excluding carboxylic acids is 3. The number of thiol groups is 1. The van der Waals surface area contributed by atoms with E-state index in [2.05, 4.69) is 30.2 Å². The van der Waals surface area contributed by atoms with E-state index in [-0.39, 0.29) is 23.6 Å². The summed E-state index contributed by atoms with van der Waals surface area (Å²) in [4.78, 5) is 41.3. The minimum absolute atomic E-state index is 0.0238. The van der Waals surface area contributed by atoms with Crippen molar-refractivity contribution < 1.29 is 19.1 Å². The molecule has 34 heavy (non-hydrogen) atoms. The predicted octanol–water partition coefficient (Wildman–Crippen LogP) is 4.71. The second-order valence-electron chi connectivity index (χ2n) is 9.80. The van der Waals surface area contributed by atoms with Crippen LogP contribution in [0, 0.1) is 13.8 Å². The van der Waals surface area contributed by atoms with E-state index < -0.39 is 23.8 Å². The molecule has 0 radical (unpaired) electrons. The van der Waals surface area contributed by atoms with E-state index in [0.717, 1.165) is 29.5 Å². The molecule has 0 fully saturated rings. The first-order valence-corrected chi connectivity index (χ1v) is 12.8. The van der Waals surface area contributed by atoms with Gasteiger partial charge in [0.1, 0.15) is 17.7 Å². The fourth-order valence-electron chi connectivity index (χ4n) is 3.79. The normalized spacial score (nSPS) is 14.0. The Kier molecular flexibility index (Phi) is 11.9. The van der Waals surface area contributed by atoms with Crippen LogP contribution in [0.25, 0.3) is 0 Å². The van der Waals surface area contributed by atoms with Crippen molar-refractivity contribution in [3.05, 3.63) is 34.9 Å². The number of nitrogens with zero attached hydrogens (tertiary/aromatic N) is 1. The average molecular weight is 494 g/mol. The van der Waals surface area contributed by atoms with Crippen LogP contribution in [0.5, 0.6) is 0 Å². The summed E-state index contributed by atoms with van der Waals surface area (Å²) in [6.07, 6.45) is 1.73. The van der Waals surface area contributed by atoms with Gasteiger partial charge in [0.2, 0.25) is 11.8 Å². The number of aryl methyl sites for hydroxylation is 1. The minimum atomic E-state index is -0.932. The molecule has 0 aliphatic heterocycles. The highest BCUT2D eigenvalue weighted by atomic mass is 32.1. The lowest BCUT2D eigenvalue weighted by atomic mass is 9.94. The lowest BCUT2D eigenvalue weighted by Crippen LogP contribution is -2.54. The van der Waals surface area contributed by atoms with Gasteiger partial charge in [-0.15, -0.1) is 0 Å². The standard InChI is InChI=1S/C26H43N3O4S/c1-9-12-18(4)27-23(30)22(20-14-11-13-17(3)19(20)5)29(15-10-2)24(31)21(16-34)28-25(32)33-26(6,7)8/h11,13-14,18,21-22,34H,9-10,12,15-16H2,1-8H3,(H,27,30)(H,28,32). The molecule has 0 saturated carbocycles. The van der Waals surface area contributed by atoms with Gasteiger partial charge in [-0.25, -0.2) is 4.79 Å². The van der Waals surface area contributed by atoms with Crippen LogP contribution in [0.2, 0.25) is 0 Å². The zero-order chi connectivity index (χ0) is 26.1. The van der Waals surface area contributed by atoms with Crippen molar-refractivity contribution in [3.8, 4) is 0 Å². The van der Waals surface area contributed by atoms with Gasteiger partial charge in [0.05, 0.1) is 0 Å². The Bertz CT molecular complexity index is 838. The average Bonchev–Trinajstić information content (AvgIpc) is 2.72. The molecular weight excluding hydrogens is 450 g/mol. The maximum Gasteiger partial charge on any atom is 0.408 e.